The zero-order valence-corrected chi connectivity index (χ0v) is 19.5. The van der Waals surface area contributed by atoms with Crippen molar-refractivity contribution in [3.8, 4) is 0 Å². The van der Waals surface area contributed by atoms with Crippen molar-refractivity contribution in [1.29, 1.82) is 0 Å². The van der Waals surface area contributed by atoms with Crippen LogP contribution in [0.4, 0.5) is 5.69 Å². The molecule has 1 saturated carbocycles. The lowest BCUT2D eigenvalue weighted by Crippen LogP contribution is -2.38. The van der Waals surface area contributed by atoms with Crippen molar-refractivity contribution >= 4 is 33.4 Å². The van der Waals surface area contributed by atoms with Gasteiger partial charge in [0.15, 0.2) is 0 Å². The lowest BCUT2D eigenvalue weighted by atomic mass is 9.98. The molecule has 33 heavy (non-hydrogen) atoms. The Kier molecular flexibility index (Phi) is 6.51. The summed E-state index contributed by atoms with van der Waals surface area (Å²) in [5.41, 5.74) is 2.09. The zero-order valence-electron chi connectivity index (χ0n) is 18.7. The predicted octanol–water partition coefficient (Wildman–Crippen LogP) is 2.80. The van der Waals surface area contributed by atoms with Gasteiger partial charge in [0.1, 0.15) is 11.9 Å². The number of anilines is 1. The monoisotopic (exact) mass is 468 g/mol. The smallest absolute Gasteiger partial charge is 0.263 e. The number of fused-ring (bicyclic) bond motifs is 1. The lowest BCUT2D eigenvalue weighted by molar-refractivity contribution is -0.123. The van der Waals surface area contributed by atoms with Crippen LogP contribution >= 0.6 is 0 Å². The molecular formula is C24H28N4O4S. The Labute approximate surface area is 193 Å². The third-order valence-corrected chi connectivity index (χ3v) is 7.42. The molecule has 1 aliphatic heterocycles. The molecule has 2 aromatic rings. The minimum absolute atomic E-state index is 0.0515. The van der Waals surface area contributed by atoms with Gasteiger partial charge in [-0.3, -0.25) is 19.3 Å². The van der Waals surface area contributed by atoms with Crippen LogP contribution in [-0.4, -0.2) is 32.1 Å². The van der Waals surface area contributed by atoms with Crippen molar-refractivity contribution in [3.63, 3.8) is 0 Å². The number of hydrogen-bond donors (Lipinski definition) is 3. The van der Waals surface area contributed by atoms with Crippen LogP contribution in [0.2, 0.25) is 0 Å². The standard InChI is InChI=1S/C24H28N4O4S/c1-3-15(2)21(27-22-19-6-4-5-7-20(19)33(31,32)28-22)24(30)25-14-16-8-12-18(13-9-16)26-23(29)17-10-11-17/h4-9,12-13,15,17,21H,3,10-11,14H2,1-2H3,(H,25,30)(H,26,29)(H,27,28)/t15-,21+/m0/s1. The second-order valence-electron chi connectivity index (χ2n) is 8.59. The van der Waals surface area contributed by atoms with E-state index in [1.165, 1.54) is 6.07 Å². The van der Waals surface area contributed by atoms with Crippen molar-refractivity contribution in [2.24, 2.45) is 16.8 Å². The Balaban J connectivity index is 1.44. The molecule has 2 atom stereocenters. The normalized spacial score (nSPS) is 19.3. The van der Waals surface area contributed by atoms with E-state index >= 15 is 0 Å². The second kappa shape index (κ2) is 9.35. The molecule has 8 nitrogen and oxygen atoms in total. The van der Waals surface area contributed by atoms with Crippen molar-refractivity contribution in [2.75, 3.05) is 5.32 Å². The lowest BCUT2D eigenvalue weighted by Gasteiger charge is -2.19. The van der Waals surface area contributed by atoms with Gasteiger partial charge >= 0.3 is 0 Å². The van der Waals surface area contributed by atoms with E-state index in [9.17, 15) is 18.0 Å². The Morgan fingerprint density at radius 1 is 1.12 bits per heavy atom. The first kappa shape index (κ1) is 23.0. The highest BCUT2D eigenvalue weighted by molar-refractivity contribution is 7.90. The number of amides is 2. The third-order valence-electron chi connectivity index (χ3n) is 6.02. The Hall–Kier alpha value is -3.20. The van der Waals surface area contributed by atoms with Crippen LogP contribution in [0, 0.1) is 11.8 Å². The van der Waals surface area contributed by atoms with Crippen LogP contribution in [0.5, 0.6) is 0 Å². The molecule has 0 unspecified atom stereocenters. The first-order valence-corrected chi connectivity index (χ1v) is 12.6. The SMILES string of the molecule is CC[C@H](C)[C@@H](N=C1NS(=O)(=O)c2ccccc21)C(=O)NCc1ccc(NC(=O)C2CC2)cc1. The quantitative estimate of drug-likeness (QED) is 0.552. The summed E-state index contributed by atoms with van der Waals surface area (Å²) in [5, 5.41) is 5.80. The number of amidine groups is 1. The molecule has 0 bridgehead atoms. The molecule has 0 spiro atoms. The first-order valence-electron chi connectivity index (χ1n) is 11.2. The van der Waals surface area contributed by atoms with E-state index in [2.05, 4.69) is 20.3 Å². The molecule has 174 valence electrons. The largest absolute Gasteiger partial charge is 0.350 e. The van der Waals surface area contributed by atoms with Gasteiger partial charge in [0, 0.05) is 23.7 Å². The Morgan fingerprint density at radius 2 is 1.82 bits per heavy atom. The van der Waals surface area contributed by atoms with Crippen molar-refractivity contribution in [1.82, 2.24) is 10.0 Å². The number of carbonyl (C=O) groups is 2. The number of carbonyl (C=O) groups excluding carboxylic acids is 2. The molecule has 9 heteroatoms. The summed E-state index contributed by atoms with van der Waals surface area (Å²) in [6.45, 7) is 4.18. The first-order chi connectivity index (χ1) is 15.8. The molecule has 0 radical (unpaired) electrons. The molecule has 2 amide bonds. The summed E-state index contributed by atoms with van der Waals surface area (Å²) >= 11 is 0. The predicted molar refractivity (Wildman–Crippen MR) is 126 cm³/mol. The third kappa shape index (κ3) is 5.24. The van der Waals surface area contributed by atoms with Crippen molar-refractivity contribution in [3.05, 3.63) is 59.7 Å². The maximum atomic E-state index is 13.0. The number of hydrogen-bond acceptors (Lipinski definition) is 5. The Bertz CT molecular complexity index is 1190. The van der Waals surface area contributed by atoms with Crippen molar-refractivity contribution in [2.45, 2.75) is 50.6 Å². The van der Waals surface area contributed by atoms with E-state index in [1.807, 2.05) is 38.1 Å². The highest BCUT2D eigenvalue weighted by Gasteiger charge is 2.33. The summed E-state index contributed by atoms with van der Waals surface area (Å²) in [7, 11) is -3.67. The van der Waals surface area contributed by atoms with E-state index in [-0.39, 0.29) is 34.4 Å². The van der Waals surface area contributed by atoms with Crippen LogP contribution in [-0.2, 0) is 26.2 Å². The number of aliphatic imine (C=N–C) groups is 1. The minimum atomic E-state index is -3.67. The van der Waals surface area contributed by atoms with Gasteiger partial charge in [-0.1, -0.05) is 44.5 Å². The zero-order chi connectivity index (χ0) is 23.6. The average molecular weight is 469 g/mol. The van der Waals surface area contributed by atoms with Crippen LogP contribution in [0.1, 0.15) is 44.2 Å². The number of rotatable bonds is 8. The molecule has 3 N–H and O–H groups in total. The maximum Gasteiger partial charge on any atom is 0.263 e. The van der Waals surface area contributed by atoms with E-state index in [0.717, 1.165) is 24.1 Å². The summed E-state index contributed by atoms with van der Waals surface area (Å²) in [4.78, 5) is 29.6. The molecule has 4 rings (SSSR count). The number of nitrogens with one attached hydrogen (secondary N) is 3. The van der Waals surface area contributed by atoms with Crippen LogP contribution < -0.4 is 15.4 Å². The summed E-state index contributed by atoms with van der Waals surface area (Å²) in [6, 6.07) is 13.2. The fourth-order valence-electron chi connectivity index (χ4n) is 3.63. The van der Waals surface area contributed by atoms with Gasteiger partial charge in [-0.15, -0.1) is 0 Å². The summed E-state index contributed by atoms with van der Waals surface area (Å²) in [5.74, 6) is 0.0261. The maximum absolute atomic E-state index is 13.0. The van der Waals surface area contributed by atoms with E-state index < -0.39 is 16.1 Å². The van der Waals surface area contributed by atoms with Gasteiger partial charge in [-0.05, 0) is 48.6 Å². The summed E-state index contributed by atoms with van der Waals surface area (Å²) < 4.78 is 27.2. The molecule has 1 heterocycles. The average Bonchev–Trinajstić information content (AvgIpc) is 3.63. The van der Waals surface area contributed by atoms with Gasteiger partial charge in [0.2, 0.25) is 11.8 Å². The fraction of sp³-hybridized carbons (Fsp3) is 0.375. The van der Waals surface area contributed by atoms with Crippen LogP contribution in [0.15, 0.2) is 58.4 Å². The van der Waals surface area contributed by atoms with Gasteiger partial charge in [-0.2, -0.15) is 0 Å². The number of benzene rings is 2. The molecule has 1 aliphatic carbocycles. The van der Waals surface area contributed by atoms with Crippen LogP contribution in [0.3, 0.4) is 0 Å². The molecule has 1 fully saturated rings. The topological polar surface area (TPSA) is 117 Å². The minimum Gasteiger partial charge on any atom is -0.350 e. The number of nitrogens with zero attached hydrogens (tertiary/aromatic N) is 1. The highest BCUT2D eigenvalue weighted by Crippen LogP contribution is 2.30. The Morgan fingerprint density at radius 3 is 2.48 bits per heavy atom. The molecule has 2 aromatic carbocycles. The van der Waals surface area contributed by atoms with Crippen LogP contribution in [0.25, 0.3) is 0 Å². The van der Waals surface area contributed by atoms with E-state index in [4.69, 9.17) is 0 Å². The highest BCUT2D eigenvalue weighted by atomic mass is 32.2. The molecule has 0 saturated heterocycles. The number of sulfonamides is 1. The second-order valence-corrected chi connectivity index (χ2v) is 10.2. The van der Waals surface area contributed by atoms with E-state index in [1.54, 1.807) is 18.2 Å². The van der Waals surface area contributed by atoms with Gasteiger partial charge in [0.05, 0.1) is 4.90 Å². The van der Waals surface area contributed by atoms with Gasteiger partial charge in [-0.25, -0.2) is 8.42 Å². The fourth-order valence-corrected chi connectivity index (χ4v) is 4.86. The van der Waals surface area contributed by atoms with Crippen molar-refractivity contribution < 1.29 is 18.0 Å². The molecular weight excluding hydrogens is 440 g/mol. The van der Waals surface area contributed by atoms with Gasteiger partial charge < -0.3 is 10.6 Å². The molecule has 0 aromatic heterocycles. The van der Waals surface area contributed by atoms with Gasteiger partial charge in [0.25, 0.3) is 10.0 Å². The molecule has 2 aliphatic rings. The summed E-state index contributed by atoms with van der Waals surface area (Å²) in [6.07, 6.45) is 2.60. The van der Waals surface area contributed by atoms with E-state index in [0.29, 0.717) is 18.5 Å².